The number of hydrogen-bond acceptors (Lipinski definition) is 2. The van der Waals surface area contributed by atoms with Gasteiger partial charge in [-0.3, -0.25) is 0 Å². The Morgan fingerprint density at radius 1 is 1.22 bits per heavy atom. The Hall–Kier alpha value is -1.71. The van der Waals surface area contributed by atoms with E-state index in [4.69, 9.17) is 4.74 Å². The van der Waals surface area contributed by atoms with Gasteiger partial charge in [-0.25, -0.2) is 4.79 Å². The number of nitrogens with one attached hydrogen (secondary N) is 2. The van der Waals surface area contributed by atoms with Gasteiger partial charge in [-0.05, 0) is 67.1 Å². The van der Waals surface area contributed by atoms with Gasteiger partial charge in [-0.1, -0.05) is 18.6 Å². The van der Waals surface area contributed by atoms with Crippen molar-refractivity contribution in [3.63, 3.8) is 0 Å². The molecular formula is C19H26N2O2. The fraction of sp³-hybridized carbons (Fsp3) is 0.632. The summed E-state index contributed by atoms with van der Waals surface area (Å²) in [7, 11) is 1.66. The summed E-state index contributed by atoms with van der Waals surface area (Å²) in [5, 5.41) is 6.23. The van der Waals surface area contributed by atoms with Crippen molar-refractivity contribution in [3.05, 3.63) is 29.8 Å². The number of urea groups is 1. The molecule has 2 bridgehead atoms. The fourth-order valence-electron chi connectivity index (χ4n) is 5.42. The van der Waals surface area contributed by atoms with E-state index in [-0.39, 0.29) is 6.03 Å². The van der Waals surface area contributed by atoms with Crippen LogP contribution in [0, 0.1) is 23.7 Å². The summed E-state index contributed by atoms with van der Waals surface area (Å²) in [6.07, 6.45) is 6.75. The lowest BCUT2D eigenvalue weighted by atomic mass is 9.79. The van der Waals surface area contributed by atoms with Gasteiger partial charge in [0.2, 0.25) is 0 Å². The van der Waals surface area contributed by atoms with Crippen molar-refractivity contribution in [1.29, 1.82) is 0 Å². The standard InChI is InChI=1S/C19H26N2O2/c1-23-14-5-2-4-12(8-14)11-20-19(22)21-18-10-13-9-17(18)16-7-3-6-15(13)16/h2,4-5,8,13,15-18H,3,6-7,9-11H2,1H3,(H2,20,21,22). The lowest BCUT2D eigenvalue weighted by Gasteiger charge is -2.32. The SMILES string of the molecule is COc1cccc(CNC(=O)NC2CC3CC2C2CCCC32)c1. The van der Waals surface area contributed by atoms with Crippen molar-refractivity contribution in [3.8, 4) is 5.75 Å². The molecule has 0 aliphatic heterocycles. The van der Waals surface area contributed by atoms with Crippen molar-refractivity contribution >= 4 is 6.03 Å². The van der Waals surface area contributed by atoms with Gasteiger partial charge in [-0.2, -0.15) is 0 Å². The van der Waals surface area contributed by atoms with Crippen molar-refractivity contribution in [2.24, 2.45) is 23.7 Å². The number of benzene rings is 1. The van der Waals surface area contributed by atoms with Crippen LogP contribution in [0.15, 0.2) is 24.3 Å². The van der Waals surface area contributed by atoms with Crippen LogP contribution in [-0.4, -0.2) is 19.2 Å². The van der Waals surface area contributed by atoms with E-state index in [1.807, 2.05) is 24.3 Å². The van der Waals surface area contributed by atoms with E-state index < -0.39 is 0 Å². The molecular weight excluding hydrogens is 288 g/mol. The summed E-state index contributed by atoms with van der Waals surface area (Å²) in [6, 6.07) is 8.19. The summed E-state index contributed by atoms with van der Waals surface area (Å²) < 4.78 is 5.21. The number of amides is 2. The van der Waals surface area contributed by atoms with E-state index in [1.165, 1.54) is 32.1 Å². The minimum Gasteiger partial charge on any atom is -0.497 e. The summed E-state index contributed by atoms with van der Waals surface area (Å²) in [6.45, 7) is 0.538. The van der Waals surface area contributed by atoms with Crippen molar-refractivity contribution < 1.29 is 9.53 Å². The largest absolute Gasteiger partial charge is 0.497 e. The van der Waals surface area contributed by atoms with E-state index >= 15 is 0 Å². The highest BCUT2D eigenvalue weighted by Gasteiger charge is 2.53. The van der Waals surface area contributed by atoms with Gasteiger partial charge >= 0.3 is 6.03 Å². The van der Waals surface area contributed by atoms with E-state index in [0.717, 1.165) is 35.0 Å². The van der Waals surface area contributed by atoms with Gasteiger partial charge in [0.25, 0.3) is 0 Å². The van der Waals surface area contributed by atoms with E-state index in [1.54, 1.807) is 7.11 Å². The number of carbonyl (C=O) groups is 1. The number of hydrogen-bond donors (Lipinski definition) is 2. The van der Waals surface area contributed by atoms with Crippen LogP contribution >= 0.6 is 0 Å². The van der Waals surface area contributed by atoms with Gasteiger partial charge in [0, 0.05) is 12.6 Å². The van der Waals surface area contributed by atoms with Crippen LogP contribution in [0.25, 0.3) is 0 Å². The Kier molecular flexibility index (Phi) is 3.92. The second-order valence-corrected chi connectivity index (χ2v) is 7.44. The molecule has 2 amide bonds. The lowest BCUT2D eigenvalue weighted by molar-refractivity contribution is 0.197. The molecule has 4 heteroatoms. The molecule has 3 aliphatic rings. The van der Waals surface area contributed by atoms with Crippen molar-refractivity contribution in [2.75, 3.05) is 7.11 Å². The molecule has 5 unspecified atom stereocenters. The van der Waals surface area contributed by atoms with Crippen LogP contribution in [0.5, 0.6) is 5.75 Å². The highest BCUT2D eigenvalue weighted by atomic mass is 16.5. The minimum absolute atomic E-state index is 0.0279. The quantitative estimate of drug-likeness (QED) is 0.896. The van der Waals surface area contributed by atoms with E-state index in [0.29, 0.717) is 12.6 Å². The molecule has 1 aromatic rings. The molecule has 2 N–H and O–H groups in total. The number of carbonyl (C=O) groups excluding carboxylic acids is 1. The van der Waals surface area contributed by atoms with Crippen LogP contribution in [0.3, 0.4) is 0 Å². The van der Waals surface area contributed by atoms with Gasteiger partial charge in [-0.15, -0.1) is 0 Å². The van der Waals surface area contributed by atoms with Crippen LogP contribution in [-0.2, 0) is 6.54 Å². The summed E-state index contributed by atoms with van der Waals surface area (Å²) in [4.78, 5) is 12.2. The molecule has 1 aromatic carbocycles. The van der Waals surface area contributed by atoms with Gasteiger partial charge in [0.05, 0.1) is 7.11 Å². The van der Waals surface area contributed by atoms with Crippen molar-refractivity contribution in [1.82, 2.24) is 10.6 Å². The average Bonchev–Trinajstić information content (AvgIpc) is 3.26. The molecule has 4 rings (SSSR count). The van der Waals surface area contributed by atoms with Crippen LogP contribution in [0.4, 0.5) is 4.79 Å². The highest BCUT2D eigenvalue weighted by molar-refractivity contribution is 5.74. The average molecular weight is 314 g/mol. The number of rotatable bonds is 4. The zero-order chi connectivity index (χ0) is 15.8. The zero-order valence-electron chi connectivity index (χ0n) is 13.8. The molecule has 5 atom stereocenters. The molecule has 3 aliphatic carbocycles. The molecule has 3 saturated carbocycles. The topological polar surface area (TPSA) is 50.4 Å². The third kappa shape index (κ3) is 2.79. The molecule has 0 saturated heterocycles. The second-order valence-electron chi connectivity index (χ2n) is 7.44. The van der Waals surface area contributed by atoms with E-state index in [9.17, 15) is 4.79 Å². The fourth-order valence-corrected chi connectivity index (χ4v) is 5.42. The Bertz CT molecular complexity index is 588. The molecule has 0 aromatic heterocycles. The molecule has 23 heavy (non-hydrogen) atoms. The Morgan fingerprint density at radius 3 is 2.96 bits per heavy atom. The number of fused-ring (bicyclic) bond motifs is 5. The highest BCUT2D eigenvalue weighted by Crippen LogP contribution is 2.58. The monoisotopic (exact) mass is 314 g/mol. The third-order valence-corrected chi connectivity index (χ3v) is 6.33. The van der Waals surface area contributed by atoms with Gasteiger partial charge < -0.3 is 15.4 Å². The summed E-state index contributed by atoms with van der Waals surface area (Å²) in [5.74, 6) is 4.28. The summed E-state index contributed by atoms with van der Waals surface area (Å²) in [5.41, 5.74) is 1.06. The van der Waals surface area contributed by atoms with Crippen molar-refractivity contribution in [2.45, 2.75) is 44.7 Å². The molecule has 0 spiro atoms. The maximum absolute atomic E-state index is 12.2. The molecule has 3 fully saturated rings. The Balaban J connectivity index is 1.29. The third-order valence-electron chi connectivity index (χ3n) is 6.33. The minimum atomic E-state index is -0.0279. The second kappa shape index (κ2) is 6.06. The molecule has 0 radical (unpaired) electrons. The lowest BCUT2D eigenvalue weighted by Crippen LogP contribution is -2.46. The van der Waals surface area contributed by atoms with Crippen LogP contribution in [0.2, 0.25) is 0 Å². The molecule has 124 valence electrons. The van der Waals surface area contributed by atoms with Crippen LogP contribution in [0.1, 0.15) is 37.7 Å². The van der Waals surface area contributed by atoms with Gasteiger partial charge in [0.1, 0.15) is 5.75 Å². The first-order valence-electron chi connectivity index (χ1n) is 8.92. The molecule has 4 nitrogen and oxygen atoms in total. The predicted molar refractivity (Wildman–Crippen MR) is 89.2 cm³/mol. The number of ether oxygens (including phenoxy) is 1. The Morgan fingerprint density at radius 2 is 2.09 bits per heavy atom. The number of methoxy groups -OCH3 is 1. The maximum Gasteiger partial charge on any atom is 0.315 e. The maximum atomic E-state index is 12.2. The Labute approximate surface area is 138 Å². The van der Waals surface area contributed by atoms with E-state index in [2.05, 4.69) is 10.6 Å². The first-order chi connectivity index (χ1) is 11.2. The first-order valence-corrected chi connectivity index (χ1v) is 8.92. The smallest absolute Gasteiger partial charge is 0.315 e. The normalized spacial score (nSPS) is 34.2. The van der Waals surface area contributed by atoms with Crippen LogP contribution < -0.4 is 15.4 Å². The zero-order valence-corrected chi connectivity index (χ0v) is 13.8. The molecule has 0 heterocycles. The predicted octanol–water partition coefficient (Wildman–Crippen LogP) is 3.32. The summed E-state index contributed by atoms with van der Waals surface area (Å²) >= 11 is 0. The van der Waals surface area contributed by atoms with Gasteiger partial charge in [0.15, 0.2) is 0 Å². The first kappa shape index (κ1) is 14.9.